The van der Waals surface area contributed by atoms with E-state index in [1.165, 1.54) is 11.3 Å². The minimum Gasteiger partial charge on any atom is -0.496 e. The van der Waals surface area contributed by atoms with Crippen LogP contribution in [-0.4, -0.2) is 77.3 Å². The van der Waals surface area contributed by atoms with E-state index in [1.54, 1.807) is 14.0 Å². The summed E-state index contributed by atoms with van der Waals surface area (Å²) < 4.78 is 14.7. The Hall–Kier alpha value is -3.76. The molecule has 280 valence electrons. The molecule has 11 heteroatoms. The van der Waals surface area contributed by atoms with Gasteiger partial charge >= 0.3 is 0 Å². The first-order valence-corrected chi connectivity index (χ1v) is 18.9. The molecule has 1 saturated heterocycles. The zero-order chi connectivity index (χ0) is 38.0. The maximum Gasteiger partial charge on any atom is 0.287 e. The molecular weight excluding hydrogens is 648 g/mol. The van der Waals surface area contributed by atoms with Gasteiger partial charge in [-0.1, -0.05) is 58.5 Å². The van der Waals surface area contributed by atoms with Crippen LogP contribution in [0.4, 0.5) is 0 Å². The number of methoxy groups -OCH3 is 1. The minimum atomic E-state index is -1.98. The number of benzene rings is 1. The summed E-state index contributed by atoms with van der Waals surface area (Å²) in [6, 6.07) is 1.88. The number of carbonyl (C=O) groups is 5. The third kappa shape index (κ3) is 9.19. The molecular formula is C40H58N4O7. The lowest BCUT2D eigenvalue weighted by Gasteiger charge is -2.36. The Morgan fingerprint density at radius 3 is 2.33 bits per heavy atom. The third-order valence-electron chi connectivity index (χ3n) is 10.9. The number of ether oxygens (including phenoxy) is 1. The fraction of sp³-hybridized carbons (Fsp3) is 0.700. The highest BCUT2D eigenvalue weighted by Gasteiger charge is 2.55. The van der Waals surface area contributed by atoms with Crippen LogP contribution in [0.1, 0.15) is 129 Å². The van der Waals surface area contributed by atoms with Gasteiger partial charge in [-0.05, 0) is 80.5 Å². The van der Waals surface area contributed by atoms with E-state index in [1.807, 2.05) is 46.8 Å². The maximum atomic E-state index is 14.7. The lowest BCUT2D eigenvalue weighted by molar-refractivity contribution is -0.145. The van der Waals surface area contributed by atoms with Gasteiger partial charge in [0.15, 0.2) is 11.4 Å². The largest absolute Gasteiger partial charge is 0.496 e. The van der Waals surface area contributed by atoms with Crippen LogP contribution >= 0.6 is 0 Å². The fourth-order valence-electron chi connectivity index (χ4n) is 8.02. The molecule has 51 heavy (non-hydrogen) atoms. The molecule has 4 atom stereocenters. The molecule has 3 fully saturated rings. The molecule has 2 aliphatic carbocycles. The summed E-state index contributed by atoms with van der Waals surface area (Å²) in [4.78, 5) is 76.5. The van der Waals surface area contributed by atoms with Crippen molar-refractivity contribution in [3.05, 3.63) is 28.8 Å². The second-order valence-electron chi connectivity index (χ2n) is 16.5. The molecule has 1 aromatic rings. The second kappa shape index (κ2) is 15.9. The summed E-state index contributed by atoms with van der Waals surface area (Å²) in [7, 11) is 1.63. The van der Waals surface area contributed by atoms with Crippen LogP contribution in [0.3, 0.4) is 0 Å². The molecule has 0 aromatic heterocycles. The molecule has 0 unspecified atom stereocenters. The van der Waals surface area contributed by atoms with Crippen molar-refractivity contribution in [2.75, 3.05) is 13.7 Å². The van der Waals surface area contributed by atoms with Crippen LogP contribution in [0.5, 0.6) is 5.75 Å². The SMILES string of the molecule is [2H][C@@](CCC)(CC(=O)[C@@H]1C[C@]2(CC(c3cc(C)c(OC)c(C)c3)=NO2)CN1C(=O)[C@@H](NC(=O)CC1CCCCC1)C(C)(C)C)C(=O)C(=O)NC1CC1. The lowest BCUT2D eigenvalue weighted by atomic mass is 9.84. The van der Waals surface area contributed by atoms with Crippen LogP contribution in [0, 0.1) is 31.1 Å². The van der Waals surface area contributed by atoms with Gasteiger partial charge in [-0.2, -0.15) is 0 Å². The Bertz CT molecular complexity index is 1570. The van der Waals surface area contributed by atoms with Crippen molar-refractivity contribution in [1.82, 2.24) is 15.5 Å². The van der Waals surface area contributed by atoms with Gasteiger partial charge in [0.1, 0.15) is 11.8 Å². The number of oxime groups is 1. The Morgan fingerprint density at radius 2 is 1.75 bits per heavy atom. The molecule has 0 bridgehead atoms. The summed E-state index contributed by atoms with van der Waals surface area (Å²) >= 11 is 0. The van der Waals surface area contributed by atoms with E-state index in [0.717, 1.165) is 61.0 Å². The molecule has 2 saturated carbocycles. The number of nitrogens with zero attached hydrogens (tertiary/aromatic N) is 2. The zero-order valence-corrected chi connectivity index (χ0v) is 31.6. The zero-order valence-electron chi connectivity index (χ0n) is 32.6. The van der Waals surface area contributed by atoms with Crippen molar-refractivity contribution in [3.8, 4) is 5.75 Å². The predicted octanol–water partition coefficient (Wildman–Crippen LogP) is 5.50. The van der Waals surface area contributed by atoms with Gasteiger partial charge in [0.2, 0.25) is 17.6 Å². The lowest BCUT2D eigenvalue weighted by Crippen LogP contribution is -2.57. The van der Waals surface area contributed by atoms with E-state index in [-0.39, 0.29) is 37.3 Å². The minimum absolute atomic E-state index is 0.0171. The molecule has 2 aliphatic heterocycles. The number of hydrogen-bond donors (Lipinski definition) is 2. The van der Waals surface area contributed by atoms with Crippen molar-refractivity contribution in [2.45, 2.75) is 149 Å². The number of hydrogen-bond acceptors (Lipinski definition) is 8. The standard InChI is InChI=1S/C40H58N4O7/c1-8-12-27(34(47)37(48)41-29-15-16-29)20-32(45)31-22-40(21-30(43-51-40)28-17-24(2)35(50-7)25(3)18-28)23-44(31)38(49)36(39(4,5)6)42-33(46)19-26-13-10-9-11-14-26/h17-18,26-27,29,31,36H,8-16,19-23H2,1-7H3,(H,41,48)(H,42,46)/t27-,31+,36-,40-/m1/s1/i27D. The highest BCUT2D eigenvalue weighted by atomic mass is 16.7. The van der Waals surface area contributed by atoms with Crippen LogP contribution in [0.25, 0.3) is 0 Å². The first kappa shape index (κ1) is 37.0. The van der Waals surface area contributed by atoms with Gasteiger partial charge < -0.3 is 25.1 Å². The number of rotatable bonds is 14. The molecule has 1 spiro atoms. The van der Waals surface area contributed by atoms with Crippen molar-refractivity contribution < 1.29 is 34.9 Å². The highest BCUT2D eigenvalue weighted by Crippen LogP contribution is 2.41. The summed E-state index contributed by atoms with van der Waals surface area (Å²) in [5.74, 6) is -3.80. The van der Waals surface area contributed by atoms with E-state index in [4.69, 9.17) is 10.9 Å². The fourth-order valence-corrected chi connectivity index (χ4v) is 8.02. The number of nitrogens with one attached hydrogen (secondary N) is 2. The normalized spacial score (nSPS) is 24.2. The Morgan fingerprint density at radius 1 is 1.08 bits per heavy atom. The summed E-state index contributed by atoms with van der Waals surface area (Å²) in [5.41, 5.74) is 1.67. The van der Waals surface area contributed by atoms with E-state index in [9.17, 15) is 24.0 Å². The quantitative estimate of drug-likeness (QED) is 0.243. The number of ketones is 2. The van der Waals surface area contributed by atoms with Crippen LogP contribution in [0.2, 0.25) is 0 Å². The number of carbonyl (C=O) groups excluding carboxylic acids is 5. The summed E-state index contributed by atoms with van der Waals surface area (Å²) in [6.45, 7) is 11.4. The van der Waals surface area contributed by atoms with Gasteiger partial charge in [0, 0.05) is 44.6 Å². The molecule has 2 heterocycles. The highest BCUT2D eigenvalue weighted by molar-refractivity contribution is 6.37. The van der Waals surface area contributed by atoms with Crippen molar-refractivity contribution in [1.29, 1.82) is 0 Å². The average Bonchev–Trinajstić information content (AvgIpc) is 3.67. The Labute approximate surface area is 304 Å². The molecule has 1 aromatic carbocycles. The second-order valence-corrected chi connectivity index (χ2v) is 16.5. The molecule has 5 rings (SSSR count). The van der Waals surface area contributed by atoms with Crippen LogP contribution in [-0.2, 0) is 28.8 Å². The van der Waals surface area contributed by atoms with E-state index in [0.29, 0.717) is 25.0 Å². The summed E-state index contributed by atoms with van der Waals surface area (Å²) in [6.07, 6.45) is 7.57. The molecule has 4 aliphatic rings. The number of aryl methyl sites for hydroxylation is 2. The molecule has 2 N–H and O–H groups in total. The van der Waals surface area contributed by atoms with Crippen LogP contribution < -0.4 is 15.4 Å². The molecule has 3 amide bonds. The smallest absolute Gasteiger partial charge is 0.287 e. The van der Waals surface area contributed by atoms with Gasteiger partial charge in [-0.3, -0.25) is 24.0 Å². The van der Waals surface area contributed by atoms with E-state index >= 15 is 0 Å². The number of likely N-dealkylation sites (tertiary alicyclic amines) is 1. The topological polar surface area (TPSA) is 143 Å². The first-order valence-electron chi connectivity index (χ1n) is 19.4. The van der Waals surface area contributed by atoms with E-state index < -0.39 is 58.8 Å². The van der Waals surface area contributed by atoms with Gasteiger partial charge in [0.25, 0.3) is 5.91 Å². The van der Waals surface area contributed by atoms with Gasteiger partial charge in [-0.25, -0.2) is 0 Å². The summed E-state index contributed by atoms with van der Waals surface area (Å²) in [5, 5.41) is 10.2. The first-order chi connectivity index (χ1) is 24.5. The van der Waals surface area contributed by atoms with E-state index in [2.05, 4.69) is 15.8 Å². The Kier molecular flexibility index (Phi) is 11.5. The molecule has 11 nitrogen and oxygen atoms in total. The average molecular weight is 708 g/mol. The van der Waals surface area contributed by atoms with Gasteiger partial charge in [0.05, 0.1) is 25.4 Å². The third-order valence-corrected chi connectivity index (χ3v) is 10.9. The van der Waals surface area contributed by atoms with Crippen molar-refractivity contribution >= 4 is 35.0 Å². The maximum absolute atomic E-state index is 14.7. The van der Waals surface area contributed by atoms with Gasteiger partial charge in [-0.15, -0.1) is 0 Å². The van der Waals surface area contributed by atoms with Crippen molar-refractivity contribution in [2.24, 2.45) is 22.4 Å². The van der Waals surface area contributed by atoms with Crippen LogP contribution in [0.15, 0.2) is 17.3 Å². The molecule has 0 radical (unpaired) electrons. The predicted molar refractivity (Wildman–Crippen MR) is 194 cm³/mol. The number of amides is 3. The Balaban J connectivity index is 1.43. The van der Waals surface area contributed by atoms with Crippen molar-refractivity contribution in [3.63, 3.8) is 0 Å². The number of Topliss-reactive ketones (excluding diaryl/α,β-unsaturated/α-hetero) is 2. The monoisotopic (exact) mass is 707 g/mol.